The van der Waals surface area contributed by atoms with Crippen molar-refractivity contribution in [3.05, 3.63) is 23.8 Å². The van der Waals surface area contributed by atoms with Crippen LogP contribution in [-0.2, 0) is 16.4 Å². The summed E-state index contributed by atoms with van der Waals surface area (Å²) in [6, 6.07) is 1.78. The van der Waals surface area contributed by atoms with Gasteiger partial charge in [-0.25, -0.2) is 18.4 Å². The number of sulfone groups is 1. The van der Waals surface area contributed by atoms with E-state index < -0.39 is 9.84 Å². The molecule has 1 saturated carbocycles. The normalized spacial score (nSPS) is 15.1. The van der Waals surface area contributed by atoms with Crippen LogP contribution in [0.4, 0.5) is 10.8 Å². The fourth-order valence-corrected chi connectivity index (χ4v) is 4.88. The zero-order valence-corrected chi connectivity index (χ0v) is 13.0. The Bertz CT molecular complexity index is 768. The molecule has 0 bridgehead atoms. The van der Waals surface area contributed by atoms with Crippen LogP contribution in [0.3, 0.4) is 0 Å². The average Bonchev–Trinajstić information content (AvgIpc) is 3.21. The molecule has 1 aliphatic carbocycles. The molecule has 2 aromatic heterocycles. The molecule has 0 aliphatic heterocycles. The summed E-state index contributed by atoms with van der Waals surface area (Å²) in [6.07, 6.45) is 3.06. The second-order valence-corrected chi connectivity index (χ2v) is 7.86. The lowest BCUT2D eigenvalue weighted by Crippen LogP contribution is -2.12. The number of nitrogens with two attached hydrogens (primary N) is 1. The van der Waals surface area contributed by atoms with Gasteiger partial charge in [0.15, 0.2) is 15.7 Å². The number of anilines is 2. The summed E-state index contributed by atoms with van der Waals surface area (Å²) < 4.78 is 28.7. The summed E-state index contributed by atoms with van der Waals surface area (Å²) in [4.78, 5) is 8.43. The number of nitrogens with one attached hydrogen (secondary N) is 1. The van der Waals surface area contributed by atoms with E-state index in [2.05, 4.69) is 19.7 Å². The predicted molar refractivity (Wildman–Crippen MR) is 80.8 cm³/mol. The van der Waals surface area contributed by atoms with Gasteiger partial charge in [0, 0.05) is 6.20 Å². The summed E-state index contributed by atoms with van der Waals surface area (Å²) in [7, 11) is -3.37. The van der Waals surface area contributed by atoms with Crippen molar-refractivity contribution in [1.29, 1.82) is 0 Å². The molecule has 7 nitrogen and oxygen atoms in total. The van der Waals surface area contributed by atoms with Gasteiger partial charge in [0.05, 0.1) is 17.5 Å². The van der Waals surface area contributed by atoms with Crippen molar-refractivity contribution in [3.63, 3.8) is 0 Å². The van der Waals surface area contributed by atoms with Gasteiger partial charge in [-0.1, -0.05) is 0 Å². The Balaban J connectivity index is 1.84. The van der Waals surface area contributed by atoms with Crippen molar-refractivity contribution < 1.29 is 8.42 Å². The molecule has 0 amide bonds. The lowest BCUT2D eigenvalue weighted by atomic mass is 10.4. The highest BCUT2D eigenvalue weighted by Crippen LogP contribution is 2.41. The van der Waals surface area contributed by atoms with E-state index in [-0.39, 0.29) is 16.0 Å². The predicted octanol–water partition coefficient (Wildman–Crippen LogP) is 1.37. The maximum atomic E-state index is 12.4. The van der Waals surface area contributed by atoms with Crippen molar-refractivity contribution in [2.45, 2.75) is 36.5 Å². The first kappa shape index (κ1) is 14.2. The van der Waals surface area contributed by atoms with Crippen LogP contribution >= 0.6 is 11.5 Å². The molecule has 21 heavy (non-hydrogen) atoms. The number of aryl methyl sites for hydroxylation is 1. The van der Waals surface area contributed by atoms with Crippen LogP contribution in [0.15, 0.2) is 17.2 Å². The average molecular weight is 325 g/mol. The van der Waals surface area contributed by atoms with E-state index in [4.69, 9.17) is 5.73 Å². The molecule has 0 unspecified atom stereocenters. The smallest absolute Gasteiger partial charge is 0.187 e. The first-order valence-corrected chi connectivity index (χ1v) is 8.82. The van der Waals surface area contributed by atoms with E-state index in [1.807, 2.05) is 0 Å². The topological polar surface area (TPSA) is 111 Å². The lowest BCUT2D eigenvalue weighted by molar-refractivity contribution is 0.595. The Hall–Kier alpha value is -1.74. The molecule has 0 aromatic carbocycles. The van der Waals surface area contributed by atoms with Crippen molar-refractivity contribution in [2.75, 3.05) is 11.1 Å². The van der Waals surface area contributed by atoms with Gasteiger partial charge in [0.25, 0.3) is 0 Å². The minimum absolute atomic E-state index is 0.0771. The number of nitrogens with zero attached hydrogens (tertiary/aromatic N) is 3. The number of rotatable bonds is 5. The van der Waals surface area contributed by atoms with Crippen LogP contribution in [0.1, 0.15) is 24.4 Å². The van der Waals surface area contributed by atoms with Gasteiger partial charge >= 0.3 is 0 Å². The van der Waals surface area contributed by atoms with Crippen LogP contribution in [0, 0.1) is 6.92 Å². The van der Waals surface area contributed by atoms with Crippen molar-refractivity contribution in [3.8, 4) is 0 Å². The zero-order valence-electron chi connectivity index (χ0n) is 11.4. The van der Waals surface area contributed by atoms with Gasteiger partial charge in [0.2, 0.25) is 0 Å². The largest absolute Gasteiger partial charge is 0.382 e. The van der Waals surface area contributed by atoms with Gasteiger partial charge in [-0.15, -0.1) is 0 Å². The second-order valence-electron chi connectivity index (χ2n) is 4.92. The van der Waals surface area contributed by atoms with Crippen molar-refractivity contribution >= 4 is 32.2 Å². The maximum Gasteiger partial charge on any atom is 0.187 e. The highest BCUT2D eigenvalue weighted by Gasteiger charge is 2.40. The minimum Gasteiger partial charge on any atom is -0.382 e. The Morgan fingerprint density at radius 2 is 2.24 bits per heavy atom. The molecule has 2 aromatic rings. The molecule has 0 atom stereocenters. The number of hydrogen-bond acceptors (Lipinski definition) is 8. The lowest BCUT2D eigenvalue weighted by Gasteiger charge is -2.07. The van der Waals surface area contributed by atoms with Gasteiger partial charge < -0.3 is 11.1 Å². The monoisotopic (exact) mass is 325 g/mol. The number of aromatic nitrogens is 3. The van der Waals surface area contributed by atoms with Gasteiger partial charge in [0.1, 0.15) is 15.7 Å². The Morgan fingerprint density at radius 3 is 2.90 bits per heavy atom. The third-order valence-electron chi connectivity index (χ3n) is 3.19. The summed E-state index contributed by atoms with van der Waals surface area (Å²) in [6.45, 7) is 2.20. The van der Waals surface area contributed by atoms with E-state index in [1.54, 1.807) is 19.2 Å². The summed E-state index contributed by atoms with van der Waals surface area (Å²) in [5.74, 6) is 0.747. The Morgan fingerprint density at radius 1 is 1.48 bits per heavy atom. The number of hydrogen-bond donors (Lipinski definition) is 2. The molecule has 2 heterocycles. The first-order chi connectivity index (χ1) is 9.98. The molecule has 0 radical (unpaired) electrons. The standard InChI is InChI=1S/C12H15N5O2S2/c1-7-14-5-4-8(16-7)6-15-12-10(11(13)17-20-12)21(18,19)9-2-3-9/h4-5,9,15H,2-3,6H2,1H3,(H2,13,17). The van der Waals surface area contributed by atoms with Crippen molar-refractivity contribution in [2.24, 2.45) is 0 Å². The molecule has 3 N–H and O–H groups in total. The molecular weight excluding hydrogens is 310 g/mol. The van der Waals surface area contributed by atoms with E-state index in [9.17, 15) is 8.42 Å². The first-order valence-electron chi connectivity index (χ1n) is 6.50. The third-order valence-corrected chi connectivity index (χ3v) is 6.47. The summed E-state index contributed by atoms with van der Waals surface area (Å²) >= 11 is 1.06. The Kier molecular flexibility index (Phi) is 3.54. The van der Waals surface area contributed by atoms with E-state index in [1.165, 1.54) is 0 Å². The molecule has 1 aliphatic rings. The zero-order chi connectivity index (χ0) is 15.0. The molecule has 0 spiro atoms. The summed E-state index contributed by atoms with van der Waals surface area (Å²) in [5, 5.41) is 3.25. The van der Waals surface area contributed by atoms with Crippen LogP contribution in [0.2, 0.25) is 0 Å². The third kappa shape index (κ3) is 2.84. The van der Waals surface area contributed by atoms with Crippen LogP contribution in [-0.4, -0.2) is 28.0 Å². The maximum absolute atomic E-state index is 12.4. The van der Waals surface area contributed by atoms with E-state index in [0.29, 0.717) is 30.2 Å². The van der Waals surface area contributed by atoms with Gasteiger partial charge in [-0.2, -0.15) is 4.37 Å². The molecule has 9 heteroatoms. The highest BCUT2D eigenvalue weighted by atomic mass is 32.2. The Labute approximate surface area is 126 Å². The summed E-state index contributed by atoms with van der Waals surface area (Å²) in [5.41, 5.74) is 6.52. The quantitative estimate of drug-likeness (QED) is 0.854. The number of nitrogen functional groups attached to an aromatic ring is 1. The molecule has 3 rings (SSSR count). The fraction of sp³-hybridized carbons (Fsp3) is 0.417. The fourth-order valence-electron chi connectivity index (χ4n) is 2.00. The SMILES string of the molecule is Cc1nccc(CNc2snc(N)c2S(=O)(=O)C2CC2)n1. The van der Waals surface area contributed by atoms with Gasteiger partial charge in [-0.3, -0.25) is 0 Å². The van der Waals surface area contributed by atoms with Crippen LogP contribution in [0.5, 0.6) is 0 Å². The van der Waals surface area contributed by atoms with Crippen LogP contribution in [0.25, 0.3) is 0 Å². The highest BCUT2D eigenvalue weighted by molar-refractivity contribution is 7.92. The van der Waals surface area contributed by atoms with Crippen molar-refractivity contribution in [1.82, 2.24) is 14.3 Å². The molecule has 0 saturated heterocycles. The van der Waals surface area contributed by atoms with E-state index in [0.717, 1.165) is 17.2 Å². The molecular formula is C12H15N5O2S2. The van der Waals surface area contributed by atoms with Crippen LogP contribution < -0.4 is 11.1 Å². The molecule has 1 fully saturated rings. The van der Waals surface area contributed by atoms with E-state index >= 15 is 0 Å². The minimum atomic E-state index is -3.37. The second kappa shape index (κ2) is 5.23. The van der Waals surface area contributed by atoms with Gasteiger partial charge in [-0.05, 0) is 37.4 Å². The molecule has 112 valence electrons.